The van der Waals surface area contributed by atoms with Crippen LogP contribution in [0.4, 0.5) is 0 Å². The molecule has 0 aliphatic rings. The van der Waals surface area contributed by atoms with Crippen molar-refractivity contribution in [1.29, 1.82) is 0 Å². The second-order valence-corrected chi connectivity index (χ2v) is 4.63. The molecule has 17 heavy (non-hydrogen) atoms. The summed E-state index contributed by atoms with van der Waals surface area (Å²) in [5, 5.41) is 4.44. The first-order valence-electron chi connectivity index (χ1n) is 5.86. The molecule has 0 N–H and O–H groups in total. The monoisotopic (exact) mass is 248 g/mol. The third kappa shape index (κ3) is 2.37. The summed E-state index contributed by atoms with van der Waals surface area (Å²) in [6, 6.07) is 6.47. The normalized spacial score (nSPS) is 10.8. The van der Waals surface area contributed by atoms with E-state index in [1.807, 2.05) is 10.9 Å². The Balaban J connectivity index is 2.55. The first-order valence-corrected chi connectivity index (χ1v) is 6.39. The average Bonchev–Trinajstić information content (AvgIpc) is 2.70. The van der Waals surface area contributed by atoms with Crippen molar-refractivity contribution < 1.29 is 0 Å². The van der Waals surface area contributed by atoms with Crippen LogP contribution in [-0.2, 0) is 12.3 Å². The fourth-order valence-electron chi connectivity index (χ4n) is 2.19. The third-order valence-corrected chi connectivity index (χ3v) is 3.17. The van der Waals surface area contributed by atoms with E-state index in [2.05, 4.69) is 44.1 Å². The predicted molar refractivity (Wildman–Crippen MR) is 72.0 cm³/mol. The van der Waals surface area contributed by atoms with Crippen LogP contribution in [0.15, 0.2) is 24.4 Å². The maximum absolute atomic E-state index is 5.92. The molecule has 1 aromatic heterocycles. The minimum Gasteiger partial charge on any atom is -0.237 e. The van der Waals surface area contributed by atoms with Gasteiger partial charge in [0, 0.05) is 11.3 Å². The molecular formula is C14H17ClN2. The van der Waals surface area contributed by atoms with Crippen molar-refractivity contribution in [2.24, 2.45) is 0 Å². The summed E-state index contributed by atoms with van der Waals surface area (Å²) in [4.78, 5) is 0. The molecular weight excluding hydrogens is 232 g/mol. The second kappa shape index (κ2) is 4.92. The van der Waals surface area contributed by atoms with Crippen molar-refractivity contribution in [2.75, 3.05) is 0 Å². The Hall–Kier alpha value is -1.28. The van der Waals surface area contributed by atoms with Gasteiger partial charge in [0.05, 0.1) is 17.8 Å². The molecule has 2 nitrogen and oxygen atoms in total. The van der Waals surface area contributed by atoms with Gasteiger partial charge in [0.15, 0.2) is 0 Å². The molecule has 2 aromatic rings. The van der Waals surface area contributed by atoms with Crippen molar-refractivity contribution in [3.8, 4) is 5.69 Å². The van der Waals surface area contributed by atoms with Crippen LogP contribution in [0.25, 0.3) is 5.69 Å². The number of nitrogens with zero attached hydrogens (tertiary/aromatic N) is 2. The number of alkyl halides is 1. The van der Waals surface area contributed by atoms with Gasteiger partial charge >= 0.3 is 0 Å². The number of hydrogen-bond acceptors (Lipinski definition) is 1. The van der Waals surface area contributed by atoms with E-state index in [-0.39, 0.29) is 0 Å². The lowest BCUT2D eigenvalue weighted by Gasteiger charge is -2.09. The van der Waals surface area contributed by atoms with Crippen LogP contribution in [0.2, 0.25) is 0 Å². The number of benzene rings is 1. The molecule has 0 spiro atoms. The number of hydrogen-bond donors (Lipinski definition) is 0. The van der Waals surface area contributed by atoms with Crippen LogP contribution in [-0.4, -0.2) is 9.78 Å². The van der Waals surface area contributed by atoms with Gasteiger partial charge in [0.25, 0.3) is 0 Å². The smallest absolute Gasteiger partial charge is 0.0654 e. The van der Waals surface area contributed by atoms with Gasteiger partial charge < -0.3 is 0 Å². The summed E-state index contributed by atoms with van der Waals surface area (Å²) in [6.45, 7) is 6.34. The molecule has 90 valence electrons. The van der Waals surface area contributed by atoms with Gasteiger partial charge in [-0.05, 0) is 43.5 Å². The lowest BCUT2D eigenvalue weighted by atomic mass is 10.1. The Morgan fingerprint density at radius 2 is 1.82 bits per heavy atom. The minimum atomic E-state index is 0.522. The summed E-state index contributed by atoms with van der Waals surface area (Å²) in [5.41, 5.74) is 5.95. The first-order chi connectivity index (χ1) is 8.15. The van der Waals surface area contributed by atoms with E-state index < -0.39 is 0 Å². The molecule has 1 aromatic carbocycles. The van der Waals surface area contributed by atoms with E-state index in [4.69, 9.17) is 11.6 Å². The van der Waals surface area contributed by atoms with Gasteiger partial charge in [-0.25, -0.2) is 4.68 Å². The van der Waals surface area contributed by atoms with Crippen molar-refractivity contribution in [1.82, 2.24) is 9.78 Å². The molecule has 0 amide bonds. The standard InChI is InChI=1S/C14H17ClN2/c1-4-14-12(8-15)9-16-17(14)13-6-10(2)5-11(3)7-13/h5-7,9H,4,8H2,1-3H3. The van der Waals surface area contributed by atoms with E-state index in [1.165, 1.54) is 16.8 Å². The number of halogens is 1. The second-order valence-electron chi connectivity index (χ2n) is 4.36. The average molecular weight is 249 g/mol. The quantitative estimate of drug-likeness (QED) is 0.756. The van der Waals surface area contributed by atoms with Crippen LogP contribution in [0.1, 0.15) is 29.3 Å². The highest BCUT2D eigenvalue weighted by Gasteiger charge is 2.10. The lowest BCUT2D eigenvalue weighted by molar-refractivity contribution is 0.809. The zero-order valence-electron chi connectivity index (χ0n) is 10.5. The summed E-state index contributed by atoms with van der Waals surface area (Å²) in [5.74, 6) is 0.522. The third-order valence-electron chi connectivity index (χ3n) is 2.89. The summed E-state index contributed by atoms with van der Waals surface area (Å²) in [6.07, 6.45) is 2.80. The highest BCUT2D eigenvalue weighted by Crippen LogP contribution is 2.19. The van der Waals surface area contributed by atoms with E-state index in [0.29, 0.717) is 5.88 Å². The topological polar surface area (TPSA) is 17.8 Å². The zero-order chi connectivity index (χ0) is 12.4. The summed E-state index contributed by atoms with van der Waals surface area (Å²) < 4.78 is 2.00. The highest BCUT2D eigenvalue weighted by atomic mass is 35.5. The first kappa shape index (κ1) is 12.2. The minimum absolute atomic E-state index is 0.522. The fraction of sp³-hybridized carbons (Fsp3) is 0.357. The van der Waals surface area contributed by atoms with E-state index in [0.717, 1.165) is 17.7 Å². The Morgan fingerprint density at radius 3 is 2.35 bits per heavy atom. The molecule has 0 radical (unpaired) electrons. The van der Waals surface area contributed by atoms with Crippen molar-refractivity contribution in [3.05, 3.63) is 46.8 Å². The van der Waals surface area contributed by atoms with Crippen LogP contribution in [0, 0.1) is 13.8 Å². The molecule has 0 bridgehead atoms. The van der Waals surface area contributed by atoms with Crippen LogP contribution in [0.5, 0.6) is 0 Å². The SMILES string of the molecule is CCc1c(CCl)cnn1-c1cc(C)cc(C)c1. The lowest BCUT2D eigenvalue weighted by Crippen LogP contribution is -2.03. The molecule has 0 saturated heterocycles. The predicted octanol–water partition coefficient (Wildman–Crippen LogP) is 3.79. The Labute approximate surface area is 107 Å². The van der Waals surface area contributed by atoms with Crippen molar-refractivity contribution in [3.63, 3.8) is 0 Å². The molecule has 0 unspecified atom stereocenters. The van der Waals surface area contributed by atoms with Gasteiger partial charge in [-0.15, -0.1) is 11.6 Å². The maximum atomic E-state index is 5.92. The van der Waals surface area contributed by atoms with Gasteiger partial charge in [0.2, 0.25) is 0 Å². The fourth-order valence-corrected chi connectivity index (χ4v) is 2.41. The highest BCUT2D eigenvalue weighted by molar-refractivity contribution is 6.17. The molecule has 1 heterocycles. The Kier molecular flexibility index (Phi) is 3.53. The Bertz CT molecular complexity index is 509. The van der Waals surface area contributed by atoms with Gasteiger partial charge in [0.1, 0.15) is 0 Å². The van der Waals surface area contributed by atoms with E-state index in [1.54, 1.807) is 0 Å². The molecule has 3 heteroatoms. The van der Waals surface area contributed by atoms with E-state index >= 15 is 0 Å². The molecule has 0 fully saturated rings. The van der Waals surface area contributed by atoms with E-state index in [9.17, 15) is 0 Å². The maximum Gasteiger partial charge on any atom is 0.0654 e. The Morgan fingerprint density at radius 1 is 1.18 bits per heavy atom. The van der Waals surface area contributed by atoms with Crippen LogP contribution in [0.3, 0.4) is 0 Å². The van der Waals surface area contributed by atoms with Crippen LogP contribution < -0.4 is 0 Å². The zero-order valence-corrected chi connectivity index (χ0v) is 11.3. The molecule has 0 aliphatic heterocycles. The van der Waals surface area contributed by atoms with Crippen molar-refractivity contribution >= 4 is 11.6 Å². The van der Waals surface area contributed by atoms with Gasteiger partial charge in [-0.3, -0.25) is 0 Å². The van der Waals surface area contributed by atoms with Gasteiger partial charge in [-0.2, -0.15) is 5.10 Å². The summed E-state index contributed by atoms with van der Waals surface area (Å²) in [7, 11) is 0. The molecule has 0 saturated carbocycles. The molecule has 0 aliphatic carbocycles. The van der Waals surface area contributed by atoms with Gasteiger partial charge in [-0.1, -0.05) is 13.0 Å². The summed E-state index contributed by atoms with van der Waals surface area (Å²) >= 11 is 5.92. The molecule has 2 rings (SSSR count). The van der Waals surface area contributed by atoms with Crippen molar-refractivity contribution in [2.45, 2.75) is 33.1 Å². The number of aryl methyl sites for hydroxylation is 2. The van der Waals surface area contributed by atoms with Crippen LogP contribution >= 0.6 is 11.6 Å². The molecule has 0 atom stereocenters. The number of aromatic nitrogens is 2. The largest absolute Gasteiger partial charge is 0.237 e. The number of rotatable bonds is 3.